The van der Waals surface area contributed by atoms with Crippen LogP contribution in [0.15, 0.2) is 24.3 Å². The van der Waals surface area contributed by atoms with Crippen LogP contribution in [0, 0.1) is 0 Å². The van der Waals surface area contributed by atoms with Crippen molar-refractivity contribution in [2.75, 3.05) is 19.0 Å². The van der Waals surface area contributed by atoms with Gasteiger partial charge in [0.05, 0.1) is 6.61 Å². The first-order valence-corrected chi connectivity index (χ1v) is 21.0. The van der Waals surface area contributed by atoms with E-state index in [1.54, 1.807) is 0 Å². The molecule has 1 aliphatic heterocycles. The summed E-state index contributed by atoms with van der Waals surface area (Å²) in [4.78, 5) is 25.2. The highest BCUT2D eigenvalue weighted by Crippen LogP contribution is 2.24. The summed E-state index contributed by atoms with van der Waals surface area (Å²) in [6.07, 6.45) is 19.6. The molecule has 1 fully saturated rings. The summed E-state index contributed by atoms with van der Waals surface area (Å²) in [5.74, 6) is -2.00. The Morgan fingerprint density at radius 2 is 1.20 bits per heavy atom. The monoisotopic (exact) mass is 748 g/mol. The highest BCUT2D eigenvalue weighted by molar-refractivity contribution is 7.85. The molecule has 0 radical (unpaired) electrons. The van der Waals surface area contributed by atoms with E-state index in [2.05, 4.69) is 38.2 Å². The highest BCUT2D eigenvalue weighted by Gasteiger charge is 2.46. The van der Waals surface area contributed by atoms with Crippen molar-refractivity contribution >= 4 is 22.1 Å². The van der Waals surface area contributed by atoms with E-state index in [-0.39, 0.29) is 19.4 Å². The molecular formula is C38H68O12S. The second-order valence-electron chi connectivity index (χ2n) is 13.6. The van der Waals surface area contributed by atoms with Crippen LogP contribution in [0.5, 0.6) is 0 Å². The van der Waals surface area contributed by atoms with E-state index in [1.165, 1.54) is 44.9 Å². The fraction of sp³-hybridized carbons (Fsp3) is 0.842. The van der Waals surface area contributed by atoms with Gasteiger partial charge in [-0.3, -0.25) is 14.1 Å². The summed E-state index contributed by atoms with van der Waals surface area (Å²) in [5, 5.41) is 30.7. The molecule has 1 heterocycles. The van der Waals surface area contributed by atoms with Gasteiger partial charge in [0.1, 0.15) is 36.8 Å². The summed E-state index contributed by atoms with van der Waals surface area (Å²) in [7, 11) is -4.59. The molecular weight excluding hydrogens is 680 g/mol. The number of carbonyl (C=O) groups is 2. The second-order valence-corrected chi connectivity index (χ2v) is 15.1. The smallest absolute Gasteiger partial charge is 0.306 e. The molecule has 0 bridgehead atoms. The van der Waals surface area contributed by atoms with E-state index in [1.807, 2.05) is 0 Å². The zero-order valence-electron chi connectivity index (χ0n) is 31.2. The predicted molar refractivity (Wildman–Crippen MR) is 196 cm³/mol. The first-order valence-electron chi connectivity index (χ1n) is 19.4. The standard InChI is InChI=1S/C38H68O12S/c1-3-5-7-9-11-13-14-15-16-17-19-20-22-24-26-33(39)47-28-31(49-34(40)27-25-23-21-18-12-10-8-6-4-2)29-48-38-37(43)36(42)35(41)32(50-38)30-51(44,45)46/h9,11,14-15,31-32,35-38,41-43H,3-8,10,12-13,16-30H2,1-2H3,(H,44,45,46)/b11-9+,15-14+/t31-,32+,35+,36?,37?,38-/m1/s1. The molecule has 0 spiro atoms. The number of aliphatic hydroxyl groups is 3. The zero-order valence-corrected chi connectivity index (χ0v) is 32.0. The van der Waals surface area contributed by atoms with Crippen molar-refractivity contribution < 1.29 is 56.8 Å². The SMILES string of the molecule is CCCC/C=C/C/C=C/CCCCCCCC(=O)OC[C@H](CO[C@@H]1O[C@@H](CS(=O)(=O)O)[C@H](O)C(O)C1O)OC(=O)CCCCCCCCCCC. The highest BCUT2D eigenvalue weighted by atomic mass is 32.2. The zero-order chi connectivity index (χ0) is 37.7. The molecule has 1 aliphatic rings. The molecule has 13 heteroatoms. The van der Waals surface area contributed by atoms with Crippen LogP contribution in [0.4, 0.5) is 0 Å². The van der Waals surface area contributed by atoms with Crippen molar-refractivity contribution in [3.05, 3.63) is 24.3 Å². The average molecular weight is 749 g/mol. The summed E-state index contributed by atoms with van der Waals surface area (Å²) in [6.45, 7) is 3.65. The van der Waals surface area contributed by atoms with Crippen LogP contribution in [0.25, 0.3) is 0 Å². The third-order valence-electron chi connectivity index (χ3n) is 8.78. The molecule has 4 N–H and O–H groups in total. The molecule has 12 nitrogen and oxygen atoms in total. The van der Waals surface area contributed by atoms with Gasteiger partial charge in [-0.1, -0.05) is 122 Å². The van der Waals surface area contributed by atoms with Gasteiger partial charge in [-0.25, -0.2) is 0 Å². The molecule has 0 amide bonds. The summed E-state index contributed by atoms with van der Waals surface area (Å²) >= 11 is 0. The Labute approximate surface area is 307 Å². The molecule has 0 saturated carbocycles. The van der Waals surface area contributed by atoms with Crippen LogP contribution in [-0.4, -0.2) is 96.0 Å². The van der Waals surface area contributed by atoms with Gasteiger partial charge >= 0.3 is 11.9 Å². The van der Waals surface area contributed by atoms with Gasteiger partial charge in [-0.2, -0.15) is 8.42 Å². The first-order chi connectivity index (χ1) is 24.5. The summed E-state index contributed by atoms with van der Waals surface area (Å²) in [5.41, 5.74) is 0. The number of hydrogen-bond donors (Lipinski definition) is 4. The van der Waals surface area contributed by atoms with Crippen molar-refractivity contribution in [2.24, 2.45) is 0 Å². The molecule has 2 unspecified atom stereocenters. The second kappa shape index (κ2) is 29.6. The van der Waals surface area contributed by atoms with E-state index in [0.29, 0.717) is 12.8 Å². The summed E-state index contributed by atoms with van der Waals surface area (Å²) in [6, 6.07) is 0. The van der Waals surface area contributed by atoms with Crippen LogP contribution >= 0.6 is 0 Å². The maximum absolute atomic E-state index is 12.7. The number of rotatable bonds is 31. The Balaban J connectivity index is 2.52. The number of aliphatic hydroxyl groups excluding tert-OH is 3. The lowest BCUT2D eigenvalue weighted by atomic mass is 10.00. The number of carbonyl (C=O) groups excluding carboxylic acids is 2. The fourth-order valence-electron chi connectivity index (χ4n) is 5.69. The van der Waals surface area contributed by atoms with Crippen molar-refractivity contribution in [3.63, 3.8) is 0 Å². The Morgan fingerprint density at radius 3 is 1.78 bits per heavy atom. The van der Waals surface area contributed by atoms with E-state index < -0.39 is 71.2 Å². The molecule has 6 atom stereocenters. The molecule has 0 aromatic rings. The van der Waals surface area contributed by atoms with E-state index in [4.69, 9.17) is 18.9 Å². The lowest BCUT2D eigenvalue weighted by Gasteiger charge is -2.40. The van der Waals surface area contributed by atoms with E-state index in [0.717, 1.165) is 64.2 Å². The van der Waals surface area contributed by atoms with Crippen LogP contribution in [0.2, 0.25) is 0 Å². The topological polar surface area (TPSA) is 186 Å². The molecule has 298 valence electrons. The molecule has 51 heavy (non-hydrogen) atoms. The van der Waals surface area contributed by atoms with Gasteiger partial charge in [-0.05, 0) is 38.5 Å². The Hall–Kier alpha value is -1.87. The predicted octanol–water partition coefficient (Wildman–Crippen LogP) is 6.50. The Kier molecular flexibility index (Phi) is 27.3. The van der Waals surface area contributed by atoms with Gasteiger partial charge in [-0.15, -0.1) is 0 Å². The number of unbranched alkanes of at least 4 members (excludes halogenated alkanes) is 15. The number of esters is 2. The van der Waals surface area contributed by atoms with Gasteiger partial charge in [0.15, 0.2) is 12.4 Å². The number of hydrogen-bond acceptors (Lipinski definition) is 11. The van der Waals surface area contributed by atoms with Crippen molar-refractivity contribution in [1.82, 2.24) is 0 Å². The van der Waals surface area contributed by atoms with E-state index >= 15 is 0 Å². The van der Waals surface area contributed by atoms with Crippen LogP contribution < -0.4 is 0 Å². The Bertz CT molecular complexity index is 1060. The molecule has 1 rings (SSSR count). The third-order valence-corrected chi connectivity index (χ3v) is 9.53. The van der Waals surface area contributed by atoms with Crippen LogP contribution in [0.3, 0.4) is 0 Å². The van der Waals surface area contributed by atoms with Gasteiger partial charge in [0.2, 0.25) is 0 Å². The average Bonchev–Trinajstić information content (AvgIpc) is 3.09. The lowest BCUT2D eigenvalue weighted by molar-refractivity contribution is -0.297. The minimum atomic E-state index is -4.59. The fourth-order valence-corrected chi connectivity index (χ4v) is 6.38. The molecule has 0 aliphatic carbocycles. The maximum atomic E-state index is 12.7. The van der Waals surface area contributed by atoms with Crippen LogP contribution in [-0.2, 0) is 38.7 Å². The Morgan fingerprint density at radius 1 is 0.667 bits per heavy atom. The molecule has 1 saturated heterocycles. The summed E-state index contributed by atoms with van der Waals surface area (Å²) < 4.78 is 53.7. The molecule has 0 aromatic heterocycles. The third kappa shape index (κ3) is 24.9. The van der Waals surface area contributed by atoms with Gasteiger partial charge < -0.3 is 34.3 Å². The largest absolute Gasteiger partial charge is 0.462 e. The van der Waals surface area contributed by atoms with Crippen molar-refractivity contribution in [3.8, 4) is 0 Å². The molecule has 0 aromatic carbocycles. The van der Waals surface area contributed by atoms with Gasteiger partial charge in [0.25, 0.3) is 10.1 Å². The first kappa shape index (κ1) is 47.2. The van der Waals surface area contributed by atoms with Gasteiger partial charge in [0, 0.05) is 12.8 Å². The van der Waals surface area contributed by atoms with Crippen molar-refractivity contribution in [1.29, 1.82) is 0 Å². The maximum Gasteiger partial charge on any atom is 0.306 e. The normalized spacial score (nSPS) is 21.7. The lowest BCUT2D eigenvalue weighted by Crippen LogP contribution is -2.60. The van der Waals surface area contributed by atoms with E-state index in [9.17, 15) is 37.9 Å². The van der Waals surface area contributed by atoms with Crippen molar-refractivity contribution in [2.45, 2.75) is 185 Å². The minimum Gasteiger partial charge on any atom is -0.462 e. The van der Waals surface area contributed by atoms with Crippen LogP contribution in [0.1, 0.15) is 149 Å². The quantitative estimate of drug-likeness (QED) is 0.0262. The number of allylic oxidation sites excluding steroid dienone is 4. The number of ether oxygens (including phenoxy) is 4. The minimum absolute atomic E-state index is 0.163.